The fraction of sp³-hybridized carbons (Fsp3) is 0.217. The largest absolute Gasteiger partial charge is 0.439 e. The van der Waals surface area contributed by atoms with Gasteiger partial charge in [-0.2, -0.15) is 4.98 Å². The molecule has 0 saturated heterocycles. The number of para-hydroxylation sites is 1. The summed E-state index contributed by atoms with van der Waals surface area (Å²) in [6, 6.07) is 17.6. The lowest BCUT2D eigenvalue weighted by molar-refractivity contribution is 0.148. The molecular formula is C23H25N3O2. The predicted octanol–water partition coefficient (Wildman–Crippen LogP) is 5.80. The van der Waals surface area contributed by atoms with Crippen molar-refractivity contribution in [1.29, 1.82) is 0 Å². The molecule has 5 heteroatoms. The molecule has 5 nitrogen and oxygen atoms in total. The van der Waals surface area contributed by atoms with Gasteiger partial charge in [0.2, 0.25) is 11.8 Å². The molecule has 2 aromatic carbocycles. The minimum Gasteiger partial charge on any atom is -0.439 e. The molecular weight excluding hydrogens is 350 g/mol. The molecule has 0 aliphatic rings. The lowest BCUT2D eigenvalue weighted by atomic mass is 10.2. The van der Waals surface area contributed by atoms with E-state index in [1.54, 1.807) is 6.20 Å². The Morgan fingerprint density at radius 3 is 2.68 bits per heavy atom. The highest BCUT2D eigenvalue weighted by atomic mass is 16.5. The van der Waals surface area contributed by atoms with Crippen LogP contribution in [0.1, 0.15) is 25.0 Å². The van der Waals surface area contributed by atoms with Crippen LogP contribution in [-0.2, 0) is 11.3 Å². The Morgan fingerprint density at radius 1 is 1.07 bits per heavy atom. The molecule has 0 amide bonds. The van der Waals surface area contributed by atoms with Crippen molar-refractivity contribution in [3.8, 4) is 11.6 Å². The van der Waals surface area contributed by atoms with E-state index < -0.39 is 0 Å². The Kier molecular flexibility index (Phi) is 6.76. The second-order valence-corrected chi connectivity index (χ2v) is 6.72. The fourth-order valence-electron chi connectivity index (χ4n) is 2.45. The molecule has 0 bridgehead atoms. The van der Waals surface area contributed by atoms with Crippen LogP contribution in [0.5, 0.6) is 11.6 Å². The molecule has 1 aromatic heterocycles. The molecule has 1 heterocycles. The summed E-state index contributed by atoms with van der Waals surface area (Å²) in [6.45, 7) is 7.18. The zero-order valence-corrected chi connectivity index (χ0v) is 16.5. The summed E-state index contributed by atoms with van der Waals surface area (Å²) in [6.07, 6.45) is 3.81. The molecule has 0 aliphatic carbocycles. The monoisotopic (exact) mass is 375 g/mol. The number of anilines is 2. The van der Waals surface area contributed by atoms with E-state index in [-0.39, 0.29) is 0 Å². The predicted molar refractivity (Wildman–Crippen MR) is 112 cm³/mol. The van der Waals surface area contributed by atoms with Gasteiger partial charge in [-0.05, 0) is 50.6 Å². The van der Waals surface area contributed by atoms with Gasteiger partial charge in [-0.3, -0.25) is 0 Å². The van der Waals surface area contributed by atoms with E-state index in [0.717, 1.165) is 22.6 Å². The van der Waals surface area contributed by atoms with Gasteiger partial charge in [0.05, 0.1) is 13.2 Å². The van der Waals surface area contributed by atoms with Crippen LogP contribution in [0.3, 0.4) is 0 Å². The molecule has 3 rings (SSSR count). The van der Waals surface area contributed by atoms with Gasteiger partial charge in [0.15, 0.2) is 0 Å². The topological polar surface area (TPSA) is 56.3 Å². The van der Waals surface area contributed by atoms with Crippen LogP contribution >= 0.6 is 0 Å². The number of rotatable bonds is 8. The first kappa shape index (κ1) is 19.6. The summed E-state index contributed by atoms with van der Waals surface area (Å²) in [5, 5.41) is 3.18. The molecule has 0 unspecified atom stereocenters. The van der Waals surface area contributed by atoms with Crippen molar-refractivity contribution in [2.75, 3.05) is 11.9 Å². The molecule has 0 saturated carbocycles. The molecule has 28 heavy (non-hydrogen) atoms. The number of nitrogens with one attached hydrogen (secondary N) is 1. The fourth-order valence-corrected chi connectivity index (χ4v) is 2.45. The van der Waals surface area contributed by atoms with E-state index in [0.29, 0.717) is 25.0 Å². The molecule has 0 spiro atoms. The second kappa shape index (κ2) is 9.67. The van der Waals surface area contributed by atoms with Crippen LogP contribution in [-0.4, -0.2) is 16.6 Å². The maximum Gasteiger partial charge on any atom is 0.230 e. The van der Waals surface area contributed by atoms with Gasteiger partial charge < -0.3 is 14.8 Å². The van der Waals surface area contributed by atoms with Crippen LogP contribution in [0.15, 0.2) is 72.4 Å². The maximum atomic E-state index is 6.01. The average Bonchev–Trinajstić information content (AvgIpc) is 2.69. The van der Waals surface area contributed by atoms with E-state index >= 15 is 0 Å². The van der Waals surface area contributed by atoms with Crippen molar-refractivity contribution in [2.45, 2.75) is 27.4 Å². The quantitative estimate of drug-likeness (QED) is 0.398. The molecule has 1 N–H and O–H groups in total. The number of aromatic nitrogens is 2. The van der Waals surface area contributed by atoms with Crippen molar-refractivity contribution in [3.63, 3.8) is 0 Å². The van der Waals surface area contributed by atoms with Crippen molar-refractivity contribution in [1.82, 2.24) is 9.97 Å². The standard InChI is InChI=1S/C23H25N3O2/c1-17(2)12-13-27-16-19-8-7-11-21(14-19)28-22-18(3)15-24-23(26-22)25-20-9-5-4-6-10-20/h4-12,14-15H,13,16H2,1-3H3,(H,24,25,26). The smallest absolute Gasteiger partial charge is 0.230 e. The van der Waals surface area contributed by atoms with Gasteiger partial charge in [0.25, 0.3) is 0 Å². The Labute approximate surface area is 166 Å². The molecule has 0 atom stereocenters. The lowest BCUT2D eigenvalue weighted by Crippen LogP contribution is -2.00. The number of hydrogen-bond acceptors (Lipinski definition) is 5. The zero-order chi connectivity index (χ0) is 19.8. The van der Waals surface area contributed by atoms with Gasteiger partial charge in [-0.1, -0.05) is 42.0 Å². The number of aryl methyl sites for hydroxylation is 1. The Morgan fingerprint density at radius 2 is 1.89 bits per heavy atom. The van der Waals surface area contributed by atoms with E-state index in [2.05, 4.69) is 35.2 Å². The highest BCUT2D eigenvalue weighted by molar-refractivity contribution is 5.53. The van der Waals surface area contributed by atoms with E-state index in [1.807, 2.05) is 61.5 Å². The molecule has 0 aliphatic heterocycles. The first-order valence-electron chi connectivity index (χ1n) is 9.24. The Hall–Kier alpha value is -3.18. The second-order valence-electron chi connectivity index (χ2n) is 6.72. The van der Waals surface area contributed by atoms with E-state index in [9.17, 15) is 0 Å². The summed E-state index contributed by atoms with van der Waals surface area (Å²) in [7, 11) is 0. The summed E-state index contributed by atoms with van der Waals surface area (Å²) in [4.78, 5) is 8.83. The summed E-state index contributed by atoms with van der Waals surface area (Å²) >= 11 is 0. The van der Waals surface area contributed by atoms with Crippen LogP contribution in [0.25, 0.3) is 0 Å². The SMILES string of the molecule is CC(C)=CCOCc1cccc(Oc2nc(Nc3ccccc3)ncc2C)c1. The number of ether oxygens (including phenoxy) is 2. The highest BCUT2D eigenvalue weighted by Gasteiger charge is 2.08. The Bertz CT molecular complexity index is 936. The molecule has 3 aromatic rings. The van der Waals surface area contributed by atoms with Gasteiger partial charge in [0.1, 0.15) is 5.75 Å². The van der Waals surface area contributed by atoms with Crippen molar-refractivity contribution in [3.05, 3.63) is 83.6 Å². The average molecular weight is 375 g/mol. The van der Waals surface area contributed by atoms with Crippen molar-refractivity contribution < 1.29 is 9.47 Å². The van der Waals surface area contributed by atoms with Gasteiger partial charge in [-0.25, -0.2) is 4.98 Å². The van der Waals surface area contributed by atoms with Gasteiger partial charge >= 0.3 is 0 Å². The number of hydrogen-bond donors (Lipinski definition) is 1. The highest BCUT2D eigenvalue weighted by Crippen LogP contribution is 2.25. The first-order valence-corrected chi connectivity index (χ1v) is 9.24. The molecule has 144 valence electrons. The lowest BCUT2D eigenvalue weighted by Gasteiger charge is -2.11. The third-order valence-corrected chi connectivity index (χ3v) is 3.95. The first-order chi connectivity index (χ1) is 13.6. The van der Waals surface area contributed by atoms with Gasteiger partial charge in [-0.15, -0.1) is 0 Å². The third kappa shape index (κ3) is 5.93. The number of benzene rings is 2. The van der Waals surface area contributed by atoms with E-state index in [1.165, 1.54) is 5.57 Å². The molecule has 0 radical (unpaired) electrons. The molecule has 0 fully saturated rings. The van der Waals surface area contributed by atoms with E-state index in [4.69, 9.17) is 9.47 Å². The number of allylic oxidation sites excluding steroid dienone is 1. The normalized spacial score (nSPS) is 10.4. The minimum absolute atomic E-state index is 0.494. The Balaban J connectivity index is 1.68. The zero-order valence-electron chi connectivity index (χ0n) is 16.5. The van der Waals surface area contributed by atoms with Crippen LogP contribution in [0.4, 0.5) is 11.6 Å². The van der Waals surface area contributed by atoms with Crippen LogP contribution < -0.4 is 10.1 Å². The summed E-state index contributed by atoms with van der Waals surface area (Å²) in [5.41, 5.74) is 4.09. The summed E-state index contributed by atoms with van der Waals surface area (Å²) < 4.78 is 11.7. The van der Waals surface area contributed by atoms with Crippen LogP contribution in [0.2, 0.25) is 0 Å². The minimum atomic E-state index is 0.494. The van der Waals surface area contributed by atoms with Crippen molar-refractivity contribution in [2.24, 2.45) is 0 Å². The third-order valence-electron chi connectivity index (χ3n) is 3.95. The van der Waals surface area contributed by atoms with Gasteiger partial charge in [0, 0.05) is 17.4 Å². The van der Waals surface area contributed by atoms with Crippen LogP contribution in [0, 0.1) is 6.92 Å². The summed E-state index contributed by atoms with van der Waals surface area (Å²) in [5.74, 6) is 1.74. The maximum absolute atomic E-state index is 6.01. The number of nitrogens with zero attached hydrogens (tertiary/aromatic N) is 2. The van der Waals surface area contributed by atoms with Crippen molar-refractivity contribution >= 4 is 11.6 Å².